The second-order valence-corrected chi connectivity index (χ2v) is 5.43. The van der Waals surface area contributed by atoms with E-state index in [-0.39, 0.29) is 0 Å². The average Bonchev–Trinajstić information content (AvgIpc) is 2.41. The maximum atomic E-state index is 5.15. The van der Waals surface area contributed by atoms with E-state index in [2.05, 4.69) is 44.2 Å². The van der Waals surface area contributed by atoms with E-state index in [0.29, 0.717) is 0 Å². The van der Waals surface area contributed by atoms with Crippen molar-refractivity contribution in [3.8, 4) is 5.75 Å². The van der Waals surface area contributed by atoms with Crippen LogP contribution in [0.4, 0.5) is 0 Å². The molecule has 0 heterocycles. The molecule has 0 saturated carbocycles. The molecule has 0 unspecified atom stereocenters. The third-order valence-electron chi connectivity index (χ3n) is 3.04. The molecule has 2 aromatic rings. The quantitative estimate of drug-likeness (QED) is 0.741. The fourth-order valence-electron chi connectivity index (χ4n) is 1.69. The van der Waals surface area contributed by atoms with Crippen molar-refractivity contribution in [3.63, 3.8) is 0 Å². The SMILES string of the molecule is COc1ccc(CSc2ccc(C)c(C)c2)cc1. The normalized spacial score (nSPS) is 10.4. The summed E-state index contributed by atoms with van der Waals surface area (Å²) in [4.78, 5) is 1.33. The maximum absolute atomic E-state index is 5.15. The minimum absolute atomic E-state index is 0.912. The van der Waals surface area contributed by atoms with Crippen molar-refractivity contribution in [2.24, 2.45) is 0 Å². The zero-order valence-electron chi connectivity index (χ0n) is 11.1. The van der Waals surface area contributed by atoms with Gasteiger partial charge < -0.3 is 4.74 Å². The van der Waals surface area contributed by atoms with Crippen molar-refractivity contribution < 1.29 is 4.74 Å². The van der Waals surface area contributed by atoms with Crippen LogP contribution in [0.25, 0.3) is 0 Å². The lowest BCUT2D eigenvalue weighted by atomic mass is 10.1. The molecule has 94 valence electrons. The molecule has 0 aromatic heterocycles. The first kappa shape index (κ1) is 13.0. The predicted octanol–water partition coefficient (Wildman–Crippen LogP) is 4.60. The standard InChI is InChI=1S/C16H18OS/c1-12-4-9-16(10-13(12)2)18-11-14-5-7-15(17-3)8-6-14/h4-10H,11H2,1-3H3. The van der Waals surface area contributed by atoms with E-state index < -0.39 is 0 Å². The summed E-state index contributed by atoms with van der Waals surface area (Å²) in [7, 11) is 1.69. The Morgan fingerprint density at radius 2 is 1.67 bits per heavy atom. The van der Waals surface area contributed by atoms with E-state index in [0.717, 1.165) is 11.5 Å². The van der Waals surface area contributed by atoms with Crippen LogP contribution in [-0.4, -0.2) is 7.11 Å². The molecule has 0 aliphatic rings. The lowest BCUT2D eigenvalue weighted by Crippen LogP contribution is -1.85. The third-order valence-corrected chi connectivity index (χ3v) is 4.11. The van der Waals surface area contributed by atoms with Crippen LogP contribution in [0.1, 0.15) is 16.7 Å². The van der Waals surface area contributed by atoms with Gasteiger partial charge in [0.25, 0.3) is 0 Å². The van der Waals surface area contributed by atoms with Gasteiger partial charge in [-0.3, -0.25) is 0 Å². The van der Waals surface area contributed by atoms with Gasteiger partial charge in [-0.2, -0.15) is 0 Å². The zero-order chi connectivity index (χ0) is 13.0. The zero-order valence-corrected chi connectivity index (χ0v) is 11.9. The van der Waals surface area contributed by atoms with E-state index in [9.17, 15) is 0 Å². The molecular weight excluding hydrogens is 240 g/mol. The molecule has 0 saturated heterocycles. The van der Waals surface area contributed by atoms with Crippen molar-refractivity contribution in [2.75, 3.05) is 7.11 Å². The highest BCUT2D eigenvalue weighted by Gasteiger charge is 1.99. The van der Waals surface area contributed by atoms with Gasteiger partial charge in [0.05, 0.1) is 7.11 Å². The van der Waals surface area contributed by atoms with E-state index >= 15 is 0 Å². The molecule has 0 fully saturated rings. The molecule has 0 aliphatic carbocycles. The van der Waals surface area contributed by atoms with Crippen molar-refractivity contribution in [1.82, 2.24) is 0 Å². The summed E-state index contributed by atoms with van der Waals surface area (Å²) in [6, 6.07) is 14.9. The fraction of sp³-hybridized carbons (Fsp3) is 0.250. The van der Waals surface area contributed by atoms with Crippen LogP contribution >= 0.6 is 11.8 Å². The Bertz CT molecular complexity index is 517. The molecule has 0 atom stereocenters. The van der Waals surface area contributed by atoms with Crippen LogP contribution in [0, 0.1) is 13.8 Å². The summed E-state index contributed by atoms with van der Waals surface area (Å²) in [5.74, 6) is 1.90. The van der Waals surface area contributed by atoms with Crippen molar-refractivity contribution >= 4 is 11.8 Å². The molecule has 0 bridgehead atoms. The Morgan fingerprint density at radius 3 is 2.28 bits per heavy atom. The van der Waals surface area contributed by atoms with Crippen LogP contribution in [-0.2, 0) is 5.75 Å². The van der Waals surface area contributed by atoms with E-state index in [1.807, 2.05) is 23.9 Å². The van der Waals surface area contributed by atoms with Gasteiger partial charge in [0, 0.05) is 10.6 Å². The van der Waals surface area contributed by atoms with Gasteiger partial charge in [-0.25, -0.2) is 0 Å². The molecule has 0 aliphatic heterocycles. The molecule has 18 heavy (non-hydrogen) atoms. The van der Waals surface area contributed by atoms with Crippen molar-refractivity contribution in [2.45, 2.75) is 24.5 Å². The van der Waals surface area contributed by atoms with Gasteiger partial charge >= 0.3 is 0 Å². The minimum Gasteiger partial charge on any atom is -0.497 e. The van der Waals surface area contributed by atoms with Crippen LogP contribution in [0.2, 0.25) is 0 Å². The number of ether oxygens (including phenoxy) is 1. The average molecular weight is 258 g/mol. The number of thioether (sulfide) groups is 1. The van der Waals surface area contributed by atoms with E-state index in [1.165, 1.54) is 21.6 Å². The van der Waals surface area contributed by atoms with Gasteiger partial charge in [-0.05, 0) is 54.8 Å². The summed E-state index contributed by atoms with van der Waals surface area (Å²) in [6.07, 6.45) is 0. The van der Waals surface area contributed by atoms with Gasteiger partial charge in [-0.1, -0.05) is 18.2 Å². The summed E-state index contributed by atoms with van der Waals surface area (Å²) < 4.78 is 5.15. The topological polar surface area (TPSA) is 9.23 Å². The van der Waals surface area contributed by atoms with Crippen LogP contribution in [0.5, 0.6) is 5.75 Å². The molecule has 0 radical (unpaired) electrons. The van der Waals surface area contributed by atoms with Crippen molar-refractivity contribution in [1.29, 1.82) is 0 Å². The second kappa shape index (κ2) is 5.96. The molecule has 2 heteroatoms. The van der Waals surface area contributed by atoms with E-state index in [4.69, 9.17) is 4.74 Å². The molecule has 2 rings (SSSR count). The monoisotopic (exact) mass is 258 g/mol. The highest BCUT2D eigenvalue weighted by molar-refractivity contribution is 7.98. The molecule has 0 N–H and O–H groups in total. The van der Waals surface area contributed by atoms with Gasteiger partial charge in [0.15, 0.2) is 0 Å². The number of methoxy groups -OCH3 is 1. The van der Waals surface area contributed by atoms with Gasteiger partial charge in [0.2, 0.25) is 0 Å². The first-order valence-corrected chi connectivity index (χ1v) is 7.00. The Labute approximate surface area is 113 Å². The smallest absolute Gasteiger partial charge is 0.118 e. The third kappa shape index (κ3) is 3.30. The Morgan fingerprint density at radius 1 is 0.944 bits per heavy atom. The molecule has 0 spiro atoms. The molecular formula is C16H18OS. The Hall–Kier alpha value is -1.41. The summed E-state index contributed by atoms with van der Waals surface area (Å²) in [6.45, 7) is 4.31. The summed E-state index contributed by atoms with van der Waals surface area (Å²) in [5, 5.41) is 0. The Kier molecular flexibility index (Phi) is 4.32. The van der Waals surface area contributed by atoms with Crippen LogP contribution < -0.4 is 4.74 Å². The molecule has 0 amide bonds. The first-order chi connectivity index (χ1) is 8.69. The molecule has 2 aromatic carbocycles. The largest absolute Gasteiger partial charge is 0.497 e. The van der Waals surface area contributed by atoms with Gasteiger partial charge in [0.1, 0.15) is 5.75 Å². The summed E-state index contributed by atoms with van der Waals surface area (Å²) >= 11 is 1.87. The second-order valence-electron chi connectivity index (χ2n) is 4.38. The maximum Gasteiger partial charge on any atom is 0.118 e. The fourth-order valence-corrected chi connectivity index (χ4v) is 2.64. The number of benzene rings is 2. The highest BCUT2D eigenvalue weighted by atomic mass is 32.2. The van der Waals surface area contributed by atoms with Gasteiger partial charge in [-0.15, -0.1) is 11.8 Å². The van der Waals surface area contributed by atoms with Crippen LogP contribution in [0.3, 0.4) is 0 Å². The van der Waals surface area contributed by atoms with Crippen molar-refractivity contribution in [3.05, 3.63) is 59.2 Å². The lowest BCUT2D eigenvalue weighted by molar-refractivity contribution is 0.414. The van der Waals surface area contributed by atoms with Crippen LogP contribution in [0.15, 0.2) is 47.4 Å². The van der Waals surface area contributed by atoms with E-state index in [1.54, 1.807) is 7.11 Å². The number of hydrogen-bond donors (Lipinski definition) is 0. The highest BCUT2D eigenvalue weighted by Crippen LogP contribution is 2.25. The molecule has 1 nitrogen and oxygen atoms in total. The number of aryl methyl sites for hydroxylation is 2. The number of rotatable bonds is 4. The first-order valence-electron chi connectivity index (χ1n) is 6.02. The number of hydrogen-bond acceptors (Lipinski definition) is 2. The predicted molar refractivity (Wildman–Crippen MR) is 78.5 cm³/mol. The minimum atomic E-state index is 0.912. The summed E-state index contributed by atoms with van der Waals surface area (Å²) in [5.41, 5.74) is 4.03. The lowest BCUT2D eigenvalue weighted by Gasteiger charge is -2.06. The Balaban J connectivity index is 1.99.